The summed E-state index contributed by atoms with van der Waals surface area (Å²) in [6, 6.07) is 5.45. The van der Waals surface area contributed by atoms with Crippen LogP contribution < -0.4 is 4.74 Å². The fourth-order valence-electron chi connectivity index (χ4n) is 2.60. The van der Waals surface area contributed by atoms with Crippen molar-refractivity contribution in [2.24, 2.45) is 0 Å². The number of pyridine rings is 1. The Morgan fingerprint density at radius 3 is 2.79 bits per heavy atom. The minimum atomic E-state index is -4.44. The van der Waals surface area contributed by atoms with E-state index in [1.807, 2.05) is 12.1 Å². The first-order valence-corrected chi connectivity index (χ1v) is 7.50. The van der Waals surface area contributed by atoms with Gasteiger partial charge in [0.1, 0.15) is 12.6 Å². The van der Waals surface area contributed by atoms with Gasteiger partial charge in [0.05, 0.1) is 12.1 Å². The van der Waals surface area contributed by atoms with Crippen LogP contribution in [0.4, 0.5) is 13.2 Å². The quantitative estimate of drug-likeness (QED) is 0.860. The number of hydrogen-bond donors (Lipinski definition) is 0. The normalized spacial score (nSPS) is 18.0. The number of halogens is 3. The van der Waals surface area contributed by atoms with Crippen LogP contribution in [0.3, 0.4) is 0 Å². The van der Waals surface area contributed by atoms with Crippen molar-refractivity contribution in [3.63, 3.8) is 0 Å². The second kappa shape index (κ2) is 6.54. The summed E-state index contributed by atoms with van der Waals surface area (Å²) in [4.78, 5) is 17.6. The number of carbonyl (C=O) groups is 1. The molecule has 8 heteroatoms. The molecule has 1 fully saturated rings. The highest BCUT2D eigenvalue weighted by Crippen LogP contribution is 2.31. The molecule has 1 atom stereocenters. The van der Waals surface area contributed by atoms with E-state index in [0.717, 1.165) is 18.3 Å². The molecule has 3 rings (SSSR count). The molecule has 0 bridgehead atoms. The SMILES string of the molecule is O=C(Cn1cccc1)N1CCC(Oc2cc(C(F)(F)F)ccn2)C1. The third-order valence-corrected chi connectivity index (χ3v) is 3.83. The standard InChI is InChI=1S/C16H16F3N3O2/c17-16(18,19)12-3-5-20-14(9-12)24-13-4-8-22(10-13)15(23)11-21-6-1-2-7-21/h1-3,5-7,9,13H,4,8,10-11H2. The smallest absolute Gasteiger partial charge is 0.416 e. The van der Waals surface area contributed by atoms with Gasteiger partial charge in [0.15, 0.2) is 0 Å². The molecule has 2 aromatic rings. The Morgan fingerprint density at radius 2 is 2.08 bits per heavy atom. The molecule has 0 aliphatic carbocycles. The molecule has 1 amide bonds. The van der Waals surface area contributed by atoms with E-state index in [1.54, 1.807) is 21.9 Å². The zero-order valence-electron chi connectivity index (χ0n) is 12.7. The molecular weight excluding hydrogens is 323 g/mol. The van der Waals surface area contributed by atoms with Gasteiger partial charge in [0.25, 0.3) is 0 Å². The van der Waals surface area contributed by atoms with Gasteiger partial charge in [0, 0.05) is 37.6 Å². The van der Waals surface area contributed by atoms with Gasteiger partial charge >= 0.3 is 6.18 Å². The fraction of sp³-hybridized carbons (Fsp3) is 0.375. The second-order valence-electron chi connectivity index (χ2n) is 5.60. The molecule has 0 N–H and O–H groups in total. The molecular formula is C16H16F3N3O2. The molecule has 0 spiro atoms. The first-order chi connectivity index (χ1) is 11.4. The van der Waals surface area contributed by atoms with Gasteiger partial charge in [-0.05, 0) is 18.2 Å². The number of alkyl halides is 3. The molecule has 0 radical (unpaired) electrons. The lowest BCUT2D eigenvalue weighted by molar-refractivity contribution is -0.137. The van der Waals surface area contributed by atoms with Crippen molar-refractivity contribution in [1.82, 2.24) is 14.5 Å². The van der Waals surface area contributed by atoms with Crippen LogP contribution in [-0.2, 0) is 17.5 Å². The van der Waals surface area contributed by atoms with E-state index in [-0.39, 0.29) is 24.4 Å². The lowest BCUT2D eigenvalue weighted by atomic mass is 10.2. The summed E-state index contributed by atoms with van der Waals surface area (Å²) < 4.78 is 45.4. The highest BCUT2D eigenvalue weighted by molar-refractivity contribution is 5.76. The summed E-state index contributed by atoms with van der Waals surface area (Å²) in [5.74, 6) is -0.121. The fourth-order valence-corrected chi connectivity index (χ4v) is 2.60. The summed E-state index contributed by atoms with van der Waals surface area (Å²) >= 11 is 0. The average molecular weight is 339 g/mol. The monoisotopic (exact) mass is 339 g/mol. The Balaban J connectivity index is 1.57. The first-order valence-electron chi connectivity index (χ1n) is 7.50. The molecule has 1 unspecified atom stereocenters. The first kappa shape index (κ1) is 16.4. The van der Waals surface area contributed by atoms with Crippen LogP contribution in [0.1, 0.15) is 12.0 Å². The van der Waals surface area contributed by atoms with Crippen molar-refractivity contribution in [2.45, 2.75) is 25.2 Å². The van der Waals surface area contributed by atoms with Crippen molar-refractivity contribution < 1.29 is 22.7 Å². The largest absolute Gasteiger partial charge is 0.472 e. The number of likely N-dealkylation sites (tertiary alicyclic amines) is 1. The third-order valence-electron chi connectivity index (χ3n) is 3.83. The van der Waals surface area contributed by atoms with Crippen LogP contribution in [0, 0.1) is 0 Å². The van der Waals surface area contributed by atoms with Gasteiger partial charge in [-0.25, -0.2) is 4.98 Å². The predicted octanol–water partition coefficient (Wildman–Crippen LogP) is 2.58. The second-order valence-corrected chi connectivity index (χ2v) is 5.60. The highest BCUT2D eigenvalue weighted by atomic mass is 19.4. The van der Waals surface area contributed by atoms with Crippen LogP contribution in [0.25, 0.3) is 0 Å². The number of hydrogen-bond acceptors (Lipinski definition) is 3. The summed E-state index contributed by atoms with van der Waals surface area (Å²) in [5.41, 5.74) is -0.800. The number of rotatable bonds is 4. The number of nitrogens with zero attached hydrogens (tertiary/aromatic N) is 3. The van der Waals surface area contributed by atoms with Gasteiger partial charge in [-0.15, -0.1) is 0 Å². The Morgan fingerprint density at radius 1 is 1.33 bits per heavy atom. The lowest BCUT2D eigenvalue weighted by Gasteiger charge is -2.17. The molecule has 5 nitrogen and oxygen atoms in total. The van der Waals surface area contributed by atoms with Gasteiger partial charge in [-0.1, -0.05) is 0 Å². The molecule has 2 aromatic heterocycles. The maximum Gasteiger partial charge on any atom is 0.416 e. The Labute approximate surface area is 136 Å². The highest BCUT2D eigenvalue weighted by Gasteiger charge is 2.32. The van der Waals surface area contributed by atoms with Crippen LogP contribution >= 0.6 is 0 Å². The summed E-state index contributed by atoms with van der Waals surface area (Å²) in [6.07, 6.45) is 0.449. The average Bonchev–Trinajstić information content (AvgIpc) is 3.18. The third kappa shape index (κ3) is 3.87. The van der Waals surface area contributed by atoms with Crippen LogP contribution in [0.15, 0.2) is 42.9 Å². The van der Waals surface area contributed by atoms with Crippen LogP contribution in [-0.4, -0.2) is 39.6 Å². The molecule has 0 aromatic carbocycles. The van der Waals surface area contributed by atoms with Crippen molar-refractivity contribution in [2.75, 3.05) is 13.1 Å². The topological polar surface area (TPSA) is 47.4 Å². The van der Waals surface area contributed by atoms with Crippen molar-refractivity contribution in [3.05, 3.63) is 48.4 Å². The molecule has 24 heavy (non-hydrogen) atoms. The zero-order chi connectivity index (χ0) is 17.2. The molecule has 3 heterocycles. The molecule has 1 aliphatic heterocycles. The maximum atomic E-state index is 12.7. The van der Waals surface area contributed by atoms with Crippen LogP contribution in [0.5, 0.6) is 5.88 Å². The number of amides is 1. The van der Waals surface area contributed by atoms with Crippen molar-refractivity contribution in [3.8, 4) is 5.88 Å². The minimum absolute atomic E-state index is 0.0469. The zero-order valence-corrected chi connectivity index (χ0v) is 12.7. The van der Waals surface area contributed by atoms with E-state index in [1.165, 1.54) is 0 Å². The van der Waals surface area contributed by atoms with Gasteiger partial charge in [0.2, 0.25) is 11.8 Å². The van der Waals surface area contributed by atoms with Gasteiger partial charge in [-0.3, -0.25) is 4.79 Å². The van der Waals surface area contributed by atoms with Gasteiger partial charge in [-0.2, -0.15) is 13.2 Å². The summed E-state index contributed by atoms with van der Waals surface area (Å²) in [6.45, 7) is 1.10. The Kier molecular flexibility index (Phi) is 4.46. The number of ether oxygens (including phenoxy) is 1. The number of carbonyl (C=O) groups excluding carboxylic acids is 1. The molecule has 1 saturated heterocycles. The molecule has 128 valence electrons. The van der Waals surface area contributed by atoms with E-state index in [4.69, 9.17) is 4.74 Å². The Hall–Kier alpha value is -2.51. The van der Waals surface area contributed by atoms with Crippen molar-refractivity contribution >= 4 is 5.91 Å². The van der Waals surface area contributed by atoms with E-state index < -0.39 is 11.7 Å². The lowest BCUT2D eigenvalue weighted by Crippen LogP contribution is -2.33. The minimum Gasteiger partial charge on any atom is -0.472 e. The van der Waals surface area contributed by atoms with Crippen LogP contribution in [0.2, 0.25) is 0 Å². The van der Waals surface area contributed by atoms with E-state index in [0.29, 0.717) is 19.5 Å². The van der Waals surface area contributed by atoms with Crippen molar-refractivity contribution in [1.29, 1.82) is 0 Å². The van der Waals surface area contributed by atoms with E-state index in [2.05, 4.69) is 4.98 Å². The summed E-state index contributed by atoms with van der Waals surface area (Å²) in [7, 11) is 0. The van der Waals surface area contributed by atoms with Gasteiger partial charge < -0.3 is 14.2 Å². The van der Waals surface area contributed by atoms with E-state index in [9.17, 15) is 18.0 Å². The number of aromatic nitrogens is 2. The van der Waals surface area contributed by atoms with E-state index >= 15 is 0 Å². The predicted molar refractivity (Wildman–Crippen MR) is 79.3 cm³/mol. The molecule has 1 aliphatic rings. The maximum absolute atomic E-state index is 12.7. The molecule has 0 saturated carbocycles. The Bertz CT molecular complexity index is 701. The summed E-state index contributed by atoms with van der Waals surface area (Å²) in [5, 5.41) is 0.